The molecule has 0 fully saturated rings. The minimum absolute atomic E-state index is 0.117. The van der Waals surface area contributed by atoms with E-state index in [2.05, 4.69) is 31.9 Å². The zero-order valence-corrected chi connectivity index (χ0v) is 34.5. The number of primary amides is 1. The van der Waals surface area contributed by atoms with Crippen LogP contribution in [0.1, 0.15) is 99.8 Å². The third-order valence-corrected chi connectivity index (χ3v) is 10.0. The number of hydrogen-bond donors (Lipinski definition) is 10. The number of rotatable bonds is 28. The first-order valence-electron chi connectivity index (χ1n) is 19.0. The molecule has 0 saturated heterocycles. The molecular formula is C36H67N9O9S. The van der Waals surface area contributed by atoms with Crippen LogP contribution in [-0.4, -0.2) is 113 Å². The highest BCUT2D eigenvalue weighted by Crippen LogP contribution is 2.14. The van der Waals surface area contributed by atoms with Gasteiger partial charge in [-0.05, 0) is 75.3 Å². The lowest BCUT2D eigenvalue weighted by Gasteiger charge is -2.30. The van der Waals surface area contributed by atoms with E-state index < -0.39 is 101 Å². The molecule has 55 heavy (non-hydrogen) atoms. The van der Waals surface area contributed by atoms with E-state index in [0.717, 1.165) is 0 Å². The van der Waals surface area contributed by atoms with Gasteiger partial charge in [-0.1, -0.05) is 54.4 Å². The number of amides is 7. The number of unbranched alkanes of at least 4 members (excludes halogenated alkanes) is 1. The molecule has 0 aromatic carbocycles. The minimum atomic E-state index is -1.37. The molecular weight excluding hydrogens is 735 g/mol. The number of aliphatic carboxylic acids is 1. The fourth-order valence-corrected chi connectivity index (χ4v) is 5.80. The molecule has 0 aromatic heterocycles. The number of hydrogen-bond acceptors (Lipinski definition) is 11. The fourth-order valence-electron chi connectivity index (χ4n) is 5.33. The smallest absolute Gasteiger partial charge is 0.326 e. The summed E-state index contributed by atoms with van der Waals surface area (Å²) >= 11 is 1.40. The normalized spacial score (nSPS) is 16.1. The van der Waals surface area contributed by atoms with Crippen LogP contribution in [0.3, 0.4) is 0 Å². The van der Waals surface area contributed by atoms with E-state index >= 15 is 0 Å². The van der Waals surface area contributed by atoms with E-state index in [4.69, 9.17) is 17.2 Å². The zero-order valence-electron chi connectivity index (χ0n) is 33.7. The maximum absolute atomic E-state index is 13.8. The van der Waals surface area contributed by atoms with Crippen LogP contribution in [0.2, 0.25) is 0 Å². The Morgan fingerprint density at radius 2 is 1.02 bits per heavy atom. The second kappa shape index (κ2) is 26.8. The Balaban J connectivity index is 6.43. The summed E-state index contributed by atoms with van der Waals surface area (Å²) in [6.45, 7) is 12.2. The second-order valence-electron chi connectivity index (χ2n) is 14.4. The molecule has 0 saturated carbocycles. The monoisotopic (exact) mass is 801 g/mol. The van der Waals surface area contributed by atoms with Gasteiger partial charge in [0.15, 0.2) is 0 Å². The van der Waals surface area contributed by atoms with Crippen molar-refractivity contribution in [3.63, 3.8) is 0 Å². The van der Waals surface area contributed by atoms with Gasteiger partial charge >= 0.3 is 5.97 Å². The first kappa shape index (κ1) is 51.0. The third kappa shape index (κ3) is 19.0. The van der Waals surface area contributed by atoms with Crippen molar-refractivity contribution < 1.29 is 43.5 Å². The molecule has 9 atom stereocenters. The molecule has 0 aliphatic heterocycles. The first-order chi connectivity index (χ1) is 25.7. The number of nitrogens with two attached hydrogens (primary N) is 3. The fraction of sp³-hybridized carbons (Fsp3) is 0.778. The van der Waals surface area contributed by atoms with Gasteiger partial charge in [-0.15, -0.1) is 0 Å². The molecule has 0 rings (SSSR count). The highest BCUT2D eigenvalue weighted by Gasteiger charge is 2.36. The minimum Gasteiger partial charge on any atom is -0.480 e. The predicted octanol–water partition coefficient (Wildman–Crippen LogP) is -0.777. The Bertz CT molecular complexity index is 1290. The highest BCUT2D eigenvalue weighted by atomic mass is 32.2. The van der Waals surface area contributed by atoms with Gasteiger partial charge in [0.05, 0.1) is 6.04 Å². The van der Waals surface area contributed by atoms with E-state index in [1.54, 1.807) is 34.0 Å². The van der Waals surface area contributed by atoms with Crippen molar-refractivity contribution >= 4 is 59.1 Å². The number of carbonyl (C=O) groups is 8. The van der Waals surface area contributed by atoms with Crippen molar-refractivity contribution in [1.82, 2.24) is 31.9 Å². The van der Waals surface area contributed by atoms with Crippen LogP contribution in [0.5, 0.6) is 0 Å². The van der Waals surface area contributed by atoms with Crippen LogP contribution in [0.15, 0.2) is 0 Å². The molecule has 0 aliphatic rings. The topological polar surface area (TPSA) is 307 Å². The lowest BCUT2D eigenvalue weighted by atomic mass is 9.94. The number of nitrogens with one attached hydrogen (secondary N) is 6. The van der Waals surface area contributed by atoms with Gasteiger partial charge in [-0.25, -0.2) is 4.79 Å². The van der Waals surface area contributed by atoms with Crippen molar-refractivity contribution in [1.29, 1.82) is 0 Å². The maximum Gasteiger partial charge on any atom is 0.326 e. The Morgan fingerprint density at radius 3 is 1.44 bits per heavy atom. The standard InChI is InChI=1S/C36H67N9O9S/c1-9-20(5)28(45-35(52)29(21(6)10-2)44-30(47)22(7)38)34(51)42-24(14-15-26(39)46)31(48)41-25(16-18-55-8)32(49)40-23(13-11-12-17-37)33(50)43-27(19(3)4)36(53)54/h19-25,27-29H,9-18,37-38H2,1-8H3,(H2,39,46)(H,40,49)(H,41,48)(H,42,51)(H,43,50)(H,44,47)(H,45,52)(H,53,54)/t20-,21-,22+,23+,24+,25+,27+,28+,29+/m0/s1. The Kier molecular flexibility index (Phi) is 24.8. The lowest BCUT2D eigenvalue weighted by molar-refractivity contribution is -0.143. The molecule has 13 N–H and O–H groups in total. The summed E-state index contributed by atoms with van der Waals surface area (Å²) in [6.07, 6.45) is 3.48. The van der Waals surface area contributed by atoms with Gasteiger partial charge in [-0.3, -0.25) is 33.6 Å². The van der Waals surface area contributed by atoms with E-state index in [1.165, 1.54) is 18.7 Å². The maximum atomic E-state index is 13.8. The van der Waals surface area contributed by atoms with Crippen molar-refractivity contribution in [2.75, 3.05) is 18.6 Å². The summed E-state index contributed by atoms with van der Waals surface area (Å²) in [5, 5.41) is 25.4. The van der Waals surface area contributed by atoms with Crippen molar-refractivity contribution in [2.45, 2.75) is 142 Å². The second-order valence-corrected chi connectivity index (χ2v) is 15.3. The summed E-state index contributed by atoms with van der Waals surface area (Å²) < 4.78 is 0. The lowest BCUT2D eigenvalue weighted by Crippen LogP contribution is -2.61. The van der Waals surface area contributed by atoms with E-state index in [-0.39, 0.29) is 31.6 Å². The highest BCUT2D eigenvalue weighted by molar-refractivity contribution is 7.98. The van der Waals surface area contributed by atoms with Gasteiger partial charge in [0, 0.05) is 6.42 Å². The van der Waals surface area contributed by atoms with Crippen LogP contribution < -0.4 is 49.1 Å². The number of thioether (sulfide) groups is 1. The molecule has 0 spiro atoms. The predicted molar refractivity (Wildman–Crippen MR) is 211 cm³/mol. The van der Waals surface area contributed by atoms with Crippen LogP contribution >= 0.6 is 11.8 Å². The van der Waals surface area contributed by atoms with Gasteiger partial charge in [0.1, 0.15) is 36.3 Å². The van der Waals surface area contributed by atoms with Crippen LogP contribution in [0, 0.1) is 17.8 Å². The molecule has 0 aliphatic carbocycles. The molecule has 0 aromatic rings. The summed E-state index contributed by atoms with van der Waals surface area (Å²) in [4.78, 5) is 104. The van der Waals surface area contributed by atoms with Gasteiger partial charge in [0.25, 0.3) is 0 Å². The van der Waals surface area contributed by atoms with Crippen molar-refractivity contribution in [3.8, 4) is 0 Å². The van der Waals surface area contributed by atoms with E-state index in [0.29, 0.717) is 38.0 Å². The molecule has 0 bridgehead atoms. The number of carboxylic acids is 1. The van der Waals surface area contributed by atoms with E-state index in [1.807, 2.05) is 13.8 Å². The molecule has 7 amide bonds. The Labute approximate surface area is 329 Å². The Morgan fingerprint density at radius 1 is 0.600 bits per heavy atom. The number of carboxylic acid groups (broad SMARTS) is 1. The van der Waals surface area contributed by atoms with Gasteiger partial charge < -0.3 is 54.2 Å². The third-order valence-electron chi connectivity index (χ3n) is 9.37. The summed E-state index contributed by atoms with van der Waals surface area (Å²) in [5.41, 5.74) is 16.7. The molecule has 19 heteroatoms. The van der Waals surface area contributed by atoms with Crippen molar-refractivity contribution in [3.05, 3.63) is 0 Å². The average Bonchev–Trinajstić information content (AvgIpc) is 3.12. The largest absolute Gasteiger partial charge is 0.480 e. The molecule has 0 unspecified atom stereocenters. The van der Waals surface area contributed by atoms with Crippen LogP contribution in [0.4, 0.5) is 0 Å². The summed E-state index contributed by atoms with van der Waals surface area (Å²) in [7, 11) is 0. The summed E-state index contributed by atoms with van der Waals surface area (Å²) in [5.74, 6) is -6.93. The zero-order chi connectivity index (χ0) is 42.4. The molecule has 316 valence electrons. The molecule has 18 nitrogen and oxygen atoms in total. The van der Waals surface area contributed by atoms with Crippen molar-refractivity contribution in [2.24, 2.45) is 35.0 Å². The van der Waals surface area contributed by atoms with Gasteiger partial charge in [-0.2, -0.15) is 11.8 Å². The quantitative estimate of drug-likeness (QED) is 0.0436. The van der Waals surface area contributed by atoms with Crippen LogP contribution in [0.25, 0.3) is 0 Å². The summed E-state index contributed by atoms with van der Waals surface area (Å²) in [6, 6.07) is -7.97. The van der Waals surface area contributed by atoms with E-state index in [9.17, 15) is 43.5 Å². The SMILES string of the molecule is CC[C@H](C)[C@@H](NC(=O)[C@@H](C)N)C(=O)N[C@@H](C(=O)N[C@H](CCC(N)=O)C(=O)N[C@H](CCSC)C(=O)N[C@H](CCCCN)C(=O)N[C@@H](C(=O)O)C(C)C)[C@@H](C)CC. The number of carbonyl (C=O) groups excluding carboxylic acids is 7. The van der Waals surface area contributed by atoms with Crippen LogP contribution in [-0.2, 0) is 38.4 Å². The van der Waals surface area contributed by atoms with Gasteiger partial charge in [0.2, 0.25) is 41.4 Å². The first-order valence-corrected chi connectivity index (χ1v) is 20.4. The average molecular weight is 802 g/mol. The Hall–Kier alpha value is -3.97. The molecule has 0 radical (unpaired) electrons. The molecule has 0 heterocycles.